The Hall–Kier alpha value is -2.48. The van der Waals surface area contributed by atoms with Gasteiger partial charge in [0.25, 0.3) is 5.91 Å². The zero-order valence-corrected chi connectivity index (χ0v) is 14.8. The van der Waals surface area contributed by atoms with Gasteiger partial charge in [-0.2, -0.15) is 5.10 Å². The van der Waals surface area contributed by atoms with Crippen LogP contribution in [0.5, 0.6) is 5.88 Å². The molecule has 1 amide bonds. The molecular formula is C16H16BrN5O2. The van der Waals surface area contributed by atoms with E-state index in [1.54, 1.807) is 10.7 Å². The van der Waals surface area contributed by atoms with Crippen molar-refractivity contribution in [2.24, 2.45) is 10.2 Å². The molecule has 0 spiro atoms. The van der Waals surface area contributed by atoms with Crippen molar-refractivity contribution in [2.75, 3.05) is 0 Å². The van der Waals surface area contributed by atoms with Crippen molar-refractivity contribution < 1.29 is 9.90 Å². The van der Waals surface area contributed by atoms with Crippen LogP contribution in [0.4, 0.5) is 5.69 Å². The van der Waals surface area contributed by atoms with Crippen molar-refractivity contribution >= 4 is 38.4 Å². The number of aromatic amines is 1. The Morgan fingerprint density at radius 1 is 1.38 bits per heavy atom. The summed E-state index contributed by atoms with van der Waals surface area (Å²) in [6.45, 7) is 4.29. The van der Waals surface area contributed by atoms with E-state index >= 15 is 0 Å². The third kappa shape index (κ3) is 3.38. The molecule has 124 valence electrons. The van der Waals surface area contributed by atoms with E-state index in [1.807, 2.05) is 32.0 Å². The molecule has 2 N–H and O–H groups in total. The first-order valence-corrected chi connectivity index (χ1v) is 8.19. The van der Waals surface area contributed by atoms with Gasteiger partial charge >= 0.3 is 0 Å². The number of azo groups is 1. The molecule has 8 heteroatoms. The molecule has 0 fully saturated rings. The highest BCUT2D eigenvalue weighted by molar-refractivity contribution is 9.10. The summed E-state index contributed by atoms with van der Waals surface area (Å²) >= 11 is 3.37. The average Bonchev–Trinajstić information content (AvgIpc) is 3.01. The maximum atomic E-state index is 11.9. The fraction of sp³-hybridized carbons (Fsp3) is 0.250. The van der Waals surface area contributed by atoms with E-state index < -0.39 is 0 Å². The molecule has 0 aliphatic carbocycles. The number of carbonyl (C=O) groups excluding carboxylic acids is 1. The average molecular weight is 390 g/mol. The van der Waals surface area contributed by atoms with Crippen LogP contribution in [0.25, 0.3) is 10.9 Å². The number of benzene rings is 1. The number of nitrogens with zero attached hydrogens (tertiary/aromatic N) is 4. The number of hydrogen-bond donors (Lipinski definition) is 2. The quantitative estimate of drug-likeness (QED) is 0.655. The van der Waals surface area contributed by atoms with Gasteiger partial charge in [-0.25, -0.2) is 0 Å². The van der Waals surface area contributed by atoms with Crippen LogP contribution in [-0.2, 0) is 11.3 Å². The maximum absolute atomic E-state index is 11.9. The summed E-state index contributed by atoms with van der Waals surface area (Å²) in [5.41, 5.74) is 2.89. The minimum absolute atomic E-state index is 0.113. The van der Waals surface area contributed by atoms with Crippen LogP contribution in [0.2, 0.25) is 0 Å². The van der Waals surface area contributed by atoms with Gasteiger partial charge in [-0.15, -0.1) is 10.2 Å². The van der Waals surface area contributed by atoms with Gasteiger partial charge in [0.2, 0.25) is 5.88 Å². The van der Waals surface area contributed by atoms with Crippen LogP contribution in [0, 0.1) is 13.8 Å². The Morgan fingerprint density at radius 2 is 2.17 bits per heavy atom. The Morgan fingerprint density at radius 3 is 2.88 bits per heavy atom. The largest absolute Gasteiger partial charge is 0.493 e. The molecule has 0 atom stereocenters. The second kappa shape index (κ2) is 6.56. The van der Waals surface area contributed by atoms with E-state index in [9.17, 15) is 9.90 Å². The number of nitrogens with one attached hydrogen (secondary N) is 1. The van der Waals surface area contributed by atoms with Gasteiger partial charge < -0.3 is 10.1 Å². The zero-order valence-electron chi connectivity index (χ0n) is 13.2. The maximum Gasteiger partial charge on any atom is 0.266 e. The van der Waals surface area contributed by atoms with Gasteiger partial charge in [-0.1, -0.05) is 15.9 Å². The summed E-state index contributed by atoms with van der Waals surface area (Å²) in [7, 11) is 0. The Kier molecular flexibility index (Phi) is 4.48. The first-order chi connectivity index (χ1) is 11.4. The number of rotatable bonds is 4. The first-order valence-electron chi connectivity index (χ1n) is 7.40. The topological polar surface area (TPSA) is 95.6 Å². The SMILES string of the molecule is Cc1cc(C)n(CCC(=O)N=Nc2c(O)[nH]c3ccc(Br)cc23)n1. The van der Waals surface area contributed by atoms with Crippen molar-refractivity contribution in [1.82, 2.24) is 14.8 Å². The van der Waals surface area contributed by atoms with E-state index in [0.717, 1.165) is 21.4 Å². The summed E-state index contributed by atoms with van der Waals surface area (Å²) in [6, 6.07) is 7.41. The summed E-state index contributed by atoms with van der Waals surface area (Å²) in [5, 5.41) is 22.6. The van der Waals surface area contributed by atoms with Crippen LogP contribution >= 0.6 is 15.9 Å². The number of hydrogen-bond acceptors (Lipinski definition) is 4. The molecule has 1 aromatic carbocycles. The lowest BCUT2D eigenvalue weighted by Gasteiger charge is -2.00. The molecule has 24 heavy (non-hydrogen) atoms. The van der Waals surface area contributed by atoms with Crippen LogP contribution < -0.4 is 0 Å². The van der Waals surface area contributed by atoms with Crippen molar-refractivity contribution in [3.8, 4) is 5.88 Å². The lowest BCUT2D eigenvalue weighted by Crippen LogP contribution is -2.06. The number of aromatic nitrogens is 3. The number of H-pyrrole nitrogens is 1. The summed E-state index contributed by atoms with van der Waals surface area (Å²) in [4.78, 5) is 14.7. The van der Waals surface area contributed by atoms with Gasteiger partial charge in [0.1, 0.15) is 0 Å². The number of fused-ring (bicyclic) bond motifs is 1. The van der Waals surface area contributed by atoms with E-state index in [2.05, 4.69) is 36.2 Å². The van der Waals surface area contributed by atoms with Gasteiger partial charge in [-0.05, 0) is 38.1 Å². The molecule has 0 unspecified atom stereocenters. The monoisotopic (exact) mass is 389 g/mol. The third-order valence-electron chi connectivity index (χ3n) is 3.62. The van der Waals surface area contributed by atoms with E-state index in [0.29, 0.717) is 11.9 Å². The van der Waals surface area contributed by atoms with Gasteiger partial charge in [0.05, 0.1) is 24.2 Å². The lowest BCUT2D eigenvalue weighted by atomic mass is 10.2. The highest BCUT2D eigenvalue weighted by atomic mass is 79.9. The lowest BCUT2D eigenvalue weighted by molar-refractivity contribution is -0.118. The van der Waals surface area contributed by atoms with Crippen LogP contribution in [0.15, 0.2) is 39.0 Å². The van der Waals surface area contributed by atoms with Crippen molar-refractivity contribution in [3.05, 3.63) is 40.1 Å². The van der Waals surface area contributed by atoms with Crippen molar-refractivity contribution in [2.45, 2.75) is 26.8 Å². The number of halogens is 1. The van der Waals surface area contributed by atoms with Crippen LogP contribution in [0.3, 0.4) is 0 Å². The summed E-state index contributed by atoms with van der Waals surface area (Å²) in [5.74, 6) is -0.482. The number of carbonyl (C=O) groups is 1. The van der Waals surface area contributed by atoms with Crippen molar-refractivity contribution in [3.63, 3.8) is 0 Å². The predicted molar refractivity (Wildman–Crippen MR) is 93.5 cm³/mol. The molecule has 3 aromatic rings. The van der Waals surface area contributed by atoms with Crippen LogP contribution in [0.1, 0.15) is 17.8 Å². The predicted octanol–water partition coefficient (Wildman–Crippen LogP) is 4.15. The summed E-state index contributed by atoms with van der Waals surface area (Å²) in [6.07, 6.45) is 0.193. The Labute approximate surface area is 146 Å². The molecule has 2 aromatic heterocycles. The Balaban J connectivity index is 1.73. The first kappa shape index (κ1) is 16.4. The molecule has 0 radical (unpaired) electrons. The molecule has 0 aliphatic heterocycles. The minimum atomic E-state index is -0.369. The summed E-state index contributed by atoms with van der Waals surface area (Å²) < 4.78 is 2.62. The molecule has 0 saturated heterocycles. The van der Waals surface area contributed by atoms with E-state index in [4.69, 9.17) is 0 Å². The molecule has 0 bridgehead atoms. The fourth-order valence-electron chi connectivity index (χ4n) is 2.50. The van der Waals surface area contributed by atoms with E-state index in [-0.39, 0.29) is 23.9 Å². The Bertz CT molecular complexity index is 941. The second-order valence-corrected chi connectivity index (χ2v) is 6.42. The molecule has 0 saturated carbocycles. The standard InChI is InChI=1S/C16H16BrN5O2/c1-9-7-10(2)22(21-9)6-5-14(23)19-20-15-12-8-11(17)3-4-13(12)18-16(15)24/h3-4,7-8,18,24H,5-6H2,1-2H3. The van der Waals surface area contributed by atoms with Crippen molar-refractivity contribution in [1.29, 1.82) is 0 Å². The van der Waals surface area contributed by atoms with Gasteiger partial charge in [0, 0.05) is 15.6 Å². The molecule has 2 heterocycles. The number of amides is 1. The normalized spacial score (nSPS) is 11.6. The van der Waals surface area contributed by atoms with Gasteiger partial charge in [-0.3, -0.25) is 9.48 Å². The highest BCUT2D eigenvalue weighted by Crippen LogP contribution is 2.36. The van der Waals surface area contributed by atoms with Crippen LogP contribution in [-0.4, -0.2) is 25.8 Å². The third-order valence-corrected chi connectivity index (χ3v) is 4.11. The van der Waals surface area contributed by atoms with E-state index in [1.165, 1.54) is 0 Å². The molecule has 7 nitrogen and oxygen atoms in total. The second-order valence-electron chi connectivity index (χ2n) is 5.51. The molecule has 0 aliphatic rings. The smallest absolute Gasteiger partial charge is 0.266 e. The molecular weight excluding hydrogens is 374 g/mol. The van der Waals surface area contributed by atoms with Gasteiger partial charge in [0.15, 0.2) is 5.69 Å². The zero-order chi connectivity index (χ0) is 17.3. The number of aryl methyl sites for hydroxylation is 3. The highest BCUT2D eigenvalue weighted by Gasteiger charge is 2.11. The number of aromatic hydroxyl groups is 1. The molecule has 3 rings (SSSR count). The minimum Gasteiger partial charge on any atom is -0.493 e. The fourth-order valence-corrected chi connectivity index (χ4v) is 2.86.